The smallest absolute Gasteiger partial charge is 0.260 e. The minimum absolute atomic E-state index is 0.0317. The van der Waals surface area contributed by atoms with Gasteiger partial charge in [-0.3, -0.25) is 4.79 Å². The molecule has 0 spiro atoms. The molecule has 2 aromatic rings. The predicted octanol–water partition coefficient (Wildman–Crippen LogP) is 6.22. The summed E-state index contributed by atoms with van der Waals surface area (Å²) in [5, 5.41) is 0. The first-order valence-electron chi connectivity index (χ1n) is 10.5. The Kier molecular flexibility index (Phi) is 5.08. The Hall–Kier alpha value is -2.81. The van der Waals surface area contributed by atoms with Gasteiger partial charge in [-0.05, 0) is 51.2 Å². The molecule has 1 amide bonds. The van der Waals surface area contributed by atoms with E-state index in [1.54, 1.807) is 4.90 Å². The van der Waals surface area contributed by atoms with Crippen LogP contribution >= 0.6 is 0 Å². The molecule has 1 unspecified atom stereocenters. The van der Waals surface area contributed by atoms with E-state index in [4.69, 9.17) is 0 Å². The van der Waals surface area contributed by atoms with E-state index in [2.05, 4.69) is 61.4 Å². The normalized spacial score (nSPS) is 18.1. The van der Waals surface area contributed by atoms with E-state index in [0.29, 0.717) is 5.92 Å². The fourth-order valence-electron chi connectivity index (χ4n) is 4.82. The molecule has 1 aromatic carbocycles. The Morgan fingerprint density at radius 2 is 1.90 bits per heavy atom. The standard InChI is InChI=1S/C26H30N2O/c1-17(2)27(5)26(29)23-19(4)24-22(21-14-13-18(3)16-21)12-9-15-28(24)25(23)20-10-7-6-8-11-20/h6-8,10-11,13-14,22H,1,9,12,15-16H2,2-5H3. The van der Waals surface area contributed by atoms with Crippen molar-refractivity contribution in [1.82, 2.24) is 9.47 Å². The Morgan fingerprint density at radius 1 is 1.17 bits per heavy atom. The van der Waals surface area contributed by atoms with Crippen LogP contribution in [0.15, 0.2) is 65.9 Å². The minimum Gasteiger partial charge on any atom is -0.343 e. The molecule has 150 valence electrons. The molecule has 0 saturated heterocycles. The van der Waals surface area contributed by atoms with Crippen LogP contribution in [0, 0.1) is 6.92 Å². The minimum atomic E-state index is 0.0317. The van der Waals surface area contributed by atoms with Crippen molar-refractivity contribution in [3.8, 4) is 11.3 Å². The molecule has 1 atom stereocenters. The van der Waals surface area contributed by atoms with Gasteiger partial charge < -0.3 is 9.47 Å². The van der Waals surface area contributed by atoms with Gasteiger partial charge in [0.25, 0.3) is 5.91 Å². The number of carbonyl (C=O) groups is 1. The van der Waals surface area contributed by atoms with Crippen molar-refractivity contribution >= 4 is 5.91 Å². The molecule has 0 radical (unpaired) electrons. The fraction of sp³-hybridized carbons (Fsp3) is 0.346. The first kappa shape index (κ1) is 19.5. The van der Waals surface area contributed by atoms with Crippen molar-refractivity contribution in [2.75, 3.05) is 7.05 Å². The van der Waals surface area contributed by atoms with E-state index in [-0.39, 0.29) is 5.91 Å². The van der Waals surface area contributed by atoms with Crippen LogP contribution in [0.1, 0.15) is 60.6 Å². The number of nitrogens with zero attached hydrogens (tertiary/aromatic N) is 2. The zero-order valence-corrected chi connectivity index (χ0v) is 18.0. The summed E-state index contributed by atoms with van der Waals surface area (Å²) in [6.45, 7) is 11.2. The van der Waals surface area contributed by atoms with Crippen molar-refractivity contribution in [3.63, 3.8) is 0 Å². The third-order valence-electron chi connectivity index (χ3n) is 6.41. The summed E-state index contributed by atoms with van der Waals surface area (Å²) >= 11 is 0. The van der Waals surface area contributed by atoms with Crippen LogP contribution in [-0.4, -0.2) is 22.4 Å². The molecule has 2 heterocycles. The Bertz CT molecular complexity index is 1040. The highest BCUT2D eigenvalue weighted by Crippen LogP contribution is 2.45. The second kappa shape index (κ2) is 7.55. The molecule has 0 fully saturated rings. The van der Waals surface area contributed by atoms with Crippen molar-refractivity contribution in [2.45, 2.75) is 52.5 Å². The van der Waals surface area contributed by atoms with E-state index in [9.17, 15) is 4.79 Å². The van der Waals surface area contributed by atoms with Crippen LogP contribution in [0.5, 0.6) is 0 Å². The lowest BCUT2D eigenvalue weighted by atomic mass is 9.85. The van der Waals surface area contributed by atoms with Gasteiger partial charge in [0.1, 0.15) is 0 Å². The van der Waals surface area contributed by atoms with Gasteiger partial charge in [-0.2, -0.15) is 0 Å². The number of fused-ring (bicyclic) bond motifs is 1. The van der Waals surface area contributed by atoms with Gasteiger partial charge >= 0.3 is 0 Å². The topological polar surface area (TPSA) is 25.2 Å². The molecule has 3 heteroatoms. The highest BCUT2D eigenvalue weighted by Gasteiger charge is 2.34. The SMILES string of the molecule is C=C(C)N(C)C(=O)c1c(C)c2n(c1-c1ccccc1)CCCC2C1=CC=C(C)C1. The van der Waals surface area contributed by atoms with Gasteiger partial charge in [-0.1, -0.05) is 60.2 Å². The summed E-state index contributed by atoms with van der Waals surface area (Å²) in [6, 6.07) is 10.4. The summed E-state index contributed by atoms with van der Waals surface area (Å²) in [5.41, 5.74) is 9.10. The van der Waals surface area contributed by atoms with Crippen LogP contribution < -0.4 is 0 Å². The number of allylic oxidation sites excluding steroid dienone is 5. The second-order valence-corrected chi connectivity index (χ2v) is 8.48. The summed E-state index contributed by atoms with van der Waals surface area (Å²) in [5.74, 6) is 0.417. The lowest BCUT2D eigenvalue weighted by molar-refractivity contribution is 0.0837. The average Bonchev–Trinajstić information content (AvgIpc) is 3.28. The average molecular weight is 387 g/mol. The van der Waals surface area contributed by atoms with Gasteiger partial charge in [0.05, 0.1) is 11.3 Å². The van der Waals surface area contributed by atoms with Crippen LogP contribution in [0.2, 0.25) is 0 Å². The third-order valence-corrected chi connectivity index (χ3v) is 6.41. The molecule has 0 saturated carbocycles. The monoisotopic (exact) mass is 386 g/mol. The number of amides is 1. The van der Waals surface area contributed by atoms with Gasteiger partial charge in [-0.25, -0.2) is 0 Å². The molecule has 4 rings (SSSR count). The second-order valence-electron chi connectivity index (χ2n) is 8.48. The summed E-state index contributed by atoms with van der Waals surface area (Å²) < 4.78 is 2.42. The molecule has 0 bridgehead atoms. The molecule has 1 aliphatic carbocycles. The van der Waals surface area contributed by atoms with E-state index in [0.717, 1.165) is 53.9 Å². The molecule has 29 heavy (non-hydrogen) atoms. The van der Waals surface area contributed by atoms with Crippen molar-refractivity contribution in [1.29, 1.82) is 0 Å². The van der Waals surface area contributed by atoms with Crippen LogP contribution in [0.4, 0.5) is 0 Å². The van der Waals surface area contributed by atoms with E-state index >= 15 is 0 Å². The van der Waals surface area contributed by atoms with E-state index in [1.807, 2.05) is 20.0 Å². The Morgan fingerprint density at radius 3 is 2.52 bits per heavy atom. The Balaban J connectivity index is 1.93. The number of carbonyl (C=O) groups excluding carboxylic acids is 1. The molecule has 1 aromatic heterocycles. The van der Waals surface area contributed by atoms with Gasteiger partial charge in [0.2, 0.25) is 0 Å². The highest BCUT2D eigenvalue weighted by molar-refractivity contribution is 6.03. The van der Waals surface area contributed by atoms with Crippen LogP contribution in [0.25, 0.3) is 11.3 Å². The zero-order valence-electron chi connectivity index (χ0n) is 18.0. The van der Waals surface area contributed by atoms with E-state index < -0.39 is 0 Å². The molecule has 3 nitrogen and oxygen atoms in total. The maximum absolute atomic E-state index is 13.5. The maximum atomic E-state index is 13.5. The van der Waals surface area contributed by atoms with Crippen molar-refractivity contribution in [3.05, 3.63) is 82.7 Å². The highest BCUT2D eigenvalue weighted by atomic mass is 16.2. The van der Waals surface area contributed by atoms with Gasteiger partial charge in [0.15, 0.2) is 0 Å². The lowest BCUT2D eigenvalue weighted by Crippen LogP contribution is -2.25. The lowest BCUT2D eigenvalue weighted by Gasteiger charge is -2.28. The van der Waals surface area contributed by atoms with Gasteiger partial charge in [0, 0.05) is 30.9 Å². The number of hydrogen-bond acceptors (Lipinski definition) is 1. The summed E-state index contributed by atoms with van der Waals surface area (Å²) in [4.78, 5) is 15.2. The quantitative estimate of drug-likeness (QED) is 0.612. The number of aromatic nitrogens is 1. The maximum Gasteiger partial charge on any atom is 0.260 e. The number of hydrogen-bond donors (Lipinski definition) is 0. The largest absolute Gasteiger partial charge is 0.343 e. The van der Waals surface area contributed by atoms with Crippen LogP contribution in [-0.2, 0) is 6.54 Å². The fourth-order valence-corrected chi connectivity index (χ4v) is 4.82. The molecular formula is C26H30N2O. The summed E-state index contributed by atoms with van der Waals surface area (Å²) in [7, 11) is 1.82. The summed E-state index contributed by atoms with van der Waals surface area (Å²) in [6.07, 6.45) is 7.87. The molecular weight excluding hydrogens is 356 g/mol. The predicted molar refractivity (Wildman–Crippen MR) is 120 cm³/mol. The van der Waals surface area contributed by atoms with Crippen molar-refractivity contribution in [2.24, 2.45) is 0 Å². The number of benzene rings is 1. The zero-order chi connectivity index (χ0) is 20.7. The molecule has 1 aliphatic heterocycles. The van der Waals surface area contributed by atoms with Crippen molar-refractivity contribution < 1.29 is 4.79 Å². The third kappa shape index (κ3) is 3.29. The Labute approximate surface area is 174 Å². The van der Waals surface area contributed by atoms with E-state index in [1.165, 1.54) is 16.8 Å². The van der Waals surface area contributed by atoms with Gasteiger partial charge in [-0.15, -0.1) is 0 Å². The number of rotatable bonds is 4. The molecule has 2 aliphatic rings. The first-order chi connectivity index (χ1) is 13.9. The van der Waals surface area contributed by atoms with Crippen LogP contribution in [0.3, 0.4) is 0 Å². The first-order valence-corrected chi connectivity index (χ1v) is 10.5. The molecule has 0 N–H and O–H groups in total.